The lowest BCUT2D eigenvalue weighted by Crippen LogP contribution is -2.28. The van der Waals surface area contributed by atoms with Crippen LogP contribution in [0.3, 0.4) is 0 Å². The standard InChI is InChI=1S/C15H20N6O3S/c1-3-16-14(23)10-24-12-6-4-5-11(9-12)17-13(22)7-8-25-15-18-19-20-21(15)2/h4-6,9H,3,7-8,10H2,1-2H3,(H,16,23)(H,17,22). The van der Waals surface area contributed by atoms with Crippen molar-refractivity contribution < 1.29 is 14.3 Å². The maximum absolute atomic E-state index is 12.0. The molecule has 2 amide bonds. The molecule has 0 unspecified atom stereocenters. The summed E-state index contributed by atoms with van der Waals surface area (Å²) in [5, 5.41) is 17.2. The lowest BCUT2D eigenvalue weighted by Gasteiger charge is -2.09. The molecule has 0 saturated heterocycles. The van der Waals surface area contributed by atoms with Gasteiger partial charge in [-0.3, -0.25) is 9.59 Å². The average Bonchev–Trinajstić information content (AvgIpc) is 2.99. The highest BCUT2D eigenvalue weighted by Crippen LogP contribution is 2.18. The second kappa shape index (κ2) is 9.62. The normalized spacial score (nSPS) is 10.3. The molecule has 0 aliphatic carbocycles. The van der Waals surface area contributed by atoms with Crippen LogP contribution in [-0.2, 0) is 16.6 Å². The van der Waals surface area contributed by atoms with Gasteiger partial charge in [-0.15, -0.1) is 5.10 Å². The molecule has 9 nitrogen and oxygen atoms in total. The van der Waals surface area contributed by atoms with Crippen LogP contribution in [0, 0.1) is 0 Å². The van der Waals surface area contributed by atoms with E-state index in [0.29, 0.717) is 35.3 Å². The third-order valence-electron chi connectivity index (χ3n) is 3.00. The van der Waals surface area contributed by atoms with Gasteiger partial charge in [0.2, 0.25) is 11.1 Å². The van der Waals surface area contributed by atoms with Gasteiger partial charge in [-0.2, -0.15) is 0 Å². The number of thioether (sulfide) groups is 1. The molecule has 0 spiro atoms. The number of amides is 2. The zero-order valence-corrected chi connectivity index (χ0v) is 14.9. The molecule has 2 aromatic rings. The lowest BCUT2D eigenvalue weighted by molar-refractivity contribution is -0.123. The molecule has 1 aromatic carbocycles. The van der Waals surface area contributed by atoms with Crippen LogP contribution in [0.2, 0.25) is 0 Å². The van der Waals surface area contributed by atoms with E-state index in [4.69, 9.17) is 4.74 Å². The van der Waals surface area contributed by atoms with Crippen molar-refractivity contribution in [1.82, 2.24) is 25.5 Å². The number of ether oxygens (including phenoxy) is 1. The van der Waals surface area contributed by atoms with Gasteiger partial charge in [0.05, 0.1) is 0 Å². The van der Waals surface area contributed by atoms with Crippen LogP contribution in [0.1, 0.15) is 13.3 Å². The predicted molar refractivity (Wildman–Crippen MR) is 93.4 cm³/mol. The zero-order chi connectivity index (χ0) is 18.1. The molecule has 0 aliphatic rings. The van der Waals surface area contributed by atoms with Crippen molar-refractivity contribution >= 4 is 29.3 Å². The topological polar surface area (TPSA) is 111 Å². The van der Waals surface area contributed by atoms with Gasteiger partial charge in [0, 0.05) is 37.5 Å². The largest absolute Gasteiger partial charge is 0.484 e. The van der Waals surface area contributed by atoms with Crippen LogP contribution in [0.15, 0.2) is 29.4 Å². The summed E-state index contributed by atoms with van der Waals surface area (Å²) >= 11 is 1.41. The number of benzene rings is 1. The van der Waals surface area contributed by atoms with Crippen molar-refractivity contribution in [2.24, 2.45) is 7.05 Å². The third-order valence-corrected chi connectivity index (χ3v) is 4.02. The van der Waals surface area contributed by atoms with Gasteiger partial charge in [-0.05, 0) is 29.5 Å². The van der Waals surface area contributed by atoms with Crippen LogP contribution >= 0.6 is 11.8 Å². The van der Waals surface area contributed by atoms with E-state index < -0.39 is 0 Å². The number of hydrogen-bond donors (Lipinski definition) is 2. The molecule has 134 valence electrons. The number of nitrogens with one attached hydrogen (secondary N) is 2. The number of anilines is 1. The number of aryl methyl sites for hydroxylation is 1. The fourth-order valence-corrected chi connectivity index (χ4v) is 2.65. The molecule has 2 rings (SSSR count). The highest BCUT2D eigenvalue weighted by Gasteiger charge is 2.07. The van der Waals surface area contributed by atoms with Gasteiger partial charge < -0.3 is 15.4 Å². The number of likely N-dealkylation sites (N-methyl/N-ethyl adjacent to an activating group) is 1. The first kappa shape index (κ1) is 18.7. The van der Waals surface area contributed by atoms with Gasteiger partial charge in [0.15, 0.2) is 6.61 Å². The minimum Gasteiger partial charge on any atom is -0.484 e. The summed E-state index contributed by atoms with van der Waals surface area (Å²) in [6, 6.07) is 6.92. The molecule has 0 fully saturated rings. The highest BCUT2D eigenvalue weighted by atomic mass is 32.2. The summed E-state index contributed by atoms with van der Waals surface area (Å²) in [5.41, 5.74) is 0.615. The number of tetrazole rings is 1. The van der Waals surface area contributed by atoms with Crippen LogP contribution in [-0.4, -0.2) is 50.9 Å². The first-order chi connectivity index (χ1) is 12.1. The Labute approximate surface area is 149 Å². The molecular weight excluding hydrogens is 344 g/mol. The Balaban J connectivity index is 1.77. The average molecular weight is 364 g/mol. The van der Waals surface area contributed by atoms with Crippen molar-refractivity contribution in [1.29, 1.82) is 0 Å². The van der Waals surface area contributed by atoms with Gasteiger partial charge >= 0.3 is 0 Å². The molecule has 0 bridgehead atoms. The Morgan fingerprint density at radius 2 is 2.16 bits per heavy atom. The van der Waals surface area contributed by atoms with E-state index >= 15 is 0 Å². The maximum atomic E-state index is 12.0. The fraction of sp³-hybridized carbons (Fsp3) is 0.400. The molecule has 1 aromatic heterocycles. The van der Waals surface area contributed by atoms with Crippen LogP contribution in [0.4, 0.5) is 5.69 Å². The van der Waals surface area contributed by atoms with E-state index in [1.54, 1.807) is 36.0 Å². The zero-order valence-electron chi connectivity index (χ0n) is 14.1. The summed E-state index contributed by atoms with van der Waals surface area (Å²) in [6.07, 6.45) is 0.321. The predicted octanol–water partition coefficient (Wildman–Crippen LogP) is 0.846. The van der Waals surface area contributed by atoms with Crippen molar-refractivity contribution in [2.75, 3.05) is 24.2 Å². The second-order valence-corrected chi connectivity index (χ2v) is 6.06. The molecule has 10 heteroatoms. The van der Waals surface area contributed by atoms with Gasteiger partial charge in [0.1, 0.15) is 5.75 Å². The monoisotopic (exact) mass is 364 g/mol. The maximum Gasteiger partial charge on any atom is 0.257 e. The number of aromatic nitrogens is 4. The molecule has 1 heterocycles. The van der Waals surface area contributed by atoms with Gasteiger partial charge in [-0.1, -0.05) is 17.8 Å². The minimum absolute atomic E-state index is 0.0619. The number of nitrogens with zero attached hydrogens (tertiary/aromatic N) is 4. The summed E-state index contributed by atoms with van der Waals surface area (Å²) in [7, 11) is 1.74. The van der Waals surface area contributed by atoms with Crippen molar-refractivity contribution in [3.05, 3.63) is 24.3 Å². The van der Waals surface area contributed by atoms with Gasteiger partial charge in [0.25, 0.3) is 5.91 Å². The molecule has 0 aliphatic heterocycles. The summed E-state index contributed by atoms with van der Waals surface area (Å²) in [4.78, 5) is 23.4. The Kier molecular flexibility index (Phi) is 7.20. The van der Waals surface area contributed by atoms with E-state index in [9.17, 15) is 9.59 Å². The Morgan fingerprint density at radius 3 is 2.88 bits per heavy atom. The number of carbonyl (C=O) groups excluding carboxylic acids is 2. The van der Waals surface area contributed by atoms with Crippen molar-refractivity contribution in [2.45, 2.75) is 18.5 Å². The Hall–Kier alpha value is -2.62. The molecule has 25 heavy (non-hydrogen) atoms. The third kappa shape index (κ3) is 6.42. The second-order valence-electron chi connectivity index (χ2n) is 5.00. The molecule has 0 radical (unpaired) electrons. The SMILES string of the molecule is CCNC(=O)COc1cccc(NC(=O)CCSc2nnnn2C)c1. The smallest absolute Gasteiger partial charge is 0.257 e. The quantitative estimate of drug-likeness (QED) is 0.634. The highest BCUT2D eigenvalue weighted by molar-refractivity contribution is 7.99. The van der Waals surface area contributed by atoms with E-state index in [2.05, 4.69) is 26.2 Å². The van der Waals surface area contributed by atoms with Crippen molar-refractivity contribution in [3.8, 4) is 5.75 Å². The first-order valence-electron chi connectivity index (χ1n) is 7.73. The van der Waals surface area contributed by atoms with Crippen LogP contribution in [0.5, 0.6) is 5.75 Å². The molecule has 2 N–H and O–H groups in total. The van der Waals surface area contributed by atoms with E-state index in [1.165, 1.54) is 11.8 Å². The fourth-order valence-electron chi connectivity index (χ4n) is 1.86. The molecule has 0 atom stereocenters. The minimum atomic E-state index is -0.188. The molecular formula is C15H20N6O3S. The summed E-state index contributed by atoms with van der Waals surface area (Å²) in [6.45, 7) is 2.33. The van der Waals surface area contributed by atoms with E-state index in [1.807, 2.05) is 6.92 Å². The summed E-state index contributed by atoms with van der Waals surface area (Å²) in [5.74, 6) is 0.771. The Morgan fingerprint density at radius 1 is 1.32 bits per heavy atom. The number of rotatable bonds is 9. The number of hydrogen-bond acceptors (Lipinski definition) is 7. The van der Waals surface area contributed by atoms with E-state index in [-0.39, 0.29) is 18.4 Å². The summed E-state index contributed by atoms with van der Waals surface area (Å²) < 4.78 is 6.95. The van der Waals surface area contributed by atoms with Crippen LogP contribution < -0.4 is 15.4 Å². The number of carbonyl (C=O) groups is 2. The Bertz CT molecular complexity index is 721. The van der Waals surface area contributed by atoms with Gasteiger partial charge in [-0.25, -0.2) is 4.68 Å². The lowest BCUT2D eigenvalue weighted by atomic mass is 10.3. The van der Waals surface area contributed by atoms with Crippen LogP contribution in [0.25, 0.3) is 0 Å². The first-order valence-corrected chi connectivity index (χ1v) is 8.71. The van der Waals surface area contributed by atoms with E-state index in [0.717, 1.165) is 0 Å². The van der Waals surface area contributed by atoms with Crippen molar-refractivity contribution in [3.63, 3.8) is 0 Å². The molecule has 0 saturated carbocycles.